The fourth-order valence-electron chi connectivity index (χ4n) is 1.95. The number of nitrogens with one attached hydrogen (secondary N) is 1. The molecule has 1 aromatic rings. The predicted octanol–water partition coefficient (Wildman–Crippen LogP) is 1.23. The summed E-state index contributed by atoms with van der Waals surface area (Å²) in [4.78, 5) is 0. The Morgan fingerprint density at radius 2 is 2.00 bits per heavy atom. The molecular formula is C11H15FN2. The number of hydrogen-bond acceptors (Lipinski definition) is 2. The van der Waals surface area contributed by atoms with Crippen molar-refractivity contribution < 1.29 is 4.39 Å². The SMILES string of the molecule is NC1CCNCC1c1ccc(F)cc1. The van der Waals surface area contributed by atoms with Crippen molar-refractivity contribution >= 4 is 0 Å². The Hall–Kier alpha value is -0.930. The first-order valence-corrected chi connectivity index (χ1v) is 4.99. The zero-order chi connectivity index (χ0) is 9.97. The molecule has 3 N–H and O–H groups in total. The van der Waals surface area contributed by atoms with Gasteiger partial charge in [-0.1, -0.05) is 12.1 Å². The molecule has 2 unspecified atom stereocenters. The van der Waals surface area contributed by atoms with E-state index >= 15 is 0 Å². The van der Waals surface area contributed by atoms with Gasteiger partial charge in [0.15, 0.2) is 0 Å². The third-order valence-corrected chi connectivity index (χ3v) is 2.83. The lowest BCUT2D eigenvalue weighted by Gasteiger charge is -2.29. The van der Waals surface area contributed by atoms with Crippen LogP contribution < -0.4 is 11.1 Å². The van der Waals surface area contributed by atoms with Gasteiger partial charge in [-0.05, 0) is 30.7 Å². The van der Waals surface area contributed by atoms with Crippen LogP contribution in [-0.4, -0.2) is 19.1 Å². The Kier molecular flexibility index (Phi) is 2.79. The molecule has 0 radical (unpaired) electrons. The zero-order valence-electron chi connectivity index (χ0n) is 8.04. The molecule has 2 atom stereocenters. The lowest BCUT2D eigenvalue weighted by atomic mass is 9.87. The lowest BCUT2D eigenvalue weighted by Crippen LogP contribution is -2.43. The summed E-state index contributed by atoms with van der Waals surface area (Å²) < 4.78 is 12.7. The van der Waals surface area contributed by atoms with Crippen LogP contribution in [0.25, 0.3) is 0 Å². The van der Waals surface area contributed by atoms with E-state index in [4.69, 9.17) is 5.73 Å². The summed E-state index contributed by atoms with van der Waals surface area (Å²) in [6.07, 6.45) is 0.988. The Bertz CT molecular complexity index is 297. The highest BCUT2D eigenvalue weighted by Crippen LogP contribution is 2.22. The van der Waals surface area contributed by atoms with Gasteiger partial charge in [-0.15, -0.1) is 0 Å². The van der Waals surface area contributed by atoms with Crippen LogP contribution in [0, 0.1) is 5.82 Å². The number of piperidine rings is 1. The average molecular weight is 194 g/mol. The summed E-state index contributed by atoms with van der Waals surface area (Å²) >= 11 is 0. The van der Waals surface area contributed by atoms with Crippen LogP contribution in [0.2, 0.25) is 0 Å². The van der Waals surface area contributed by atoms with Crippen LogP contribution in [-0.2, 0) is 0 Å². The van der Waals surface area contributed by atoms with Gasteiger partial charge in [-0.3, -0.25) is 0 Å². The Balaban J connectivity index is 2.16. The maximum atomic E-state index is 12.7. The normalized spacial score (nSPS) is 27.6. The highest BCUT2D eigenvalue weighted by atomic mass is 19.1. The van der Waals surface area contributed by atoms with Crippen molar-refractivity contribution in [3.05, 3.63) is 35.6 Å². The molecule has 2 nitrogen and oxygen atoms in total. The van der Waals surface area contributed by atoms with E-state index in [2.05, 4.69) is 5.32 Å². The number of hydrogen-bond donors (Lipinski definition) is 2. The summed E-state index contributed by atoms with van der Waals surface area (Å²) in [7, 11) is 0. The fourth-order valence-corrected chi connectivity index (χ4v) is 1.95. The topological polar surface area (TPSA) is 38.0 Å². The van der Waals surface area contributed by atoms with Crippen LogP contribution in [0.3, 0.4) is 0 Å². The van der Waals surface area contributed by atoms with Gasteiger partial charge in [0.2, 0.25) is 0 Å². The first-order valence-electron chi connectivity index (χ1n) is 4.99. The maximum absolute atomic E-state index is 12.7. The van der Waals surface area contributed by atoms with E-state index in [0.717, 1.165) is 25.1 Å². The molecular weight excluding hydrogens is 179 g/mol. The molecule has 0 aliphatic carbocycles. The van der Waals surface area contributed by atoms with Crippen LogP contribution in [0.5, 0.6) is 0 Å². The molecule has 0 amide bonds. The smallest absolute Gasteiger partial charge is 0.123 e. The minimum Gasteiger partial charge on any atom is -0.327 e. The minimum absolute atomic E-state index is 0.189. The van der Waals surface area contributed by atoms with Gasteiger partial charge in [0, 0.05) is 18.5 Å². The summed E-state index contributed by atoms with van der Waals surface area (Å²) in [5.74, 6) is 0.135. The zero-order valence-corrected chi connectivity index (χ0v) is 8.04. The van der Waals surface area contributed by atoms with Crippen molar-refractivity contribution in [2.45, 2.75) is 18.4 Å². The molecule has 1 aromatic carbocycles. The van der Waals surface area contributed by atoms with E-state index in [9.17, 15) is 4.39 Å². The second kappa shape index (κ2) is 4.07. The molecule has 1 saturated heterocycles. The van der Waals surface area contributed by atoms with E-state index < -0.39 is 0 Å². The van der Waals surface area contributed by atoms with E-state index in [1.165, 1.54) is 12.1 Å². The lowest BCUT2D eigenvalue weighted by molar-refractivity contribution is 0.402. The van der Waals surface area contributed by atoms with Crippen LogP contribution >= 0.6 is 0 Å². The van der Waals surface area contributed by atoms with Crippen molar-refractivity contribution in [1.82, 2.24) is 5.32 Å². The van der Waals surface area contributed by atoms with Crippen molar-refractivity contribution in [2.24, 2.45) is 5.73 Å². The van der Waals surface area contributed by atoms with Crippen molar-refractivity contribution in [3.63, 3.8) is 0 Å². The first kappa shape index (κ1) is 9.62. The molecule has 0 aromatic heterocycles. The minimum atomic E-state index is -0.189. The van der Waals surface area contributed by atoms with E-state index in [1.807, 2.05) is 12.1 Å². The largest absolute Gasteiger partial charge is 0.327 e. The Morgan fingerprint density at radius 3 is 2.64 bits per heavy atom. The number of nitrogens with two attached hydrogens (primary N) is 1. The van der Waals surface area contributed by atoms with Gasteiger partial charge in [-0.25, -0.2) is 4.39 Å². The van der Waals surface area contributed by atoms with E-state index in [0.29, 0.717) is 5.92 Å². The third kappa shape index (κ3) is 1.94. The van der Waals surface area contributed by atoms with Gasteiger partial charge >= 0.3 is 0 Å². The van der Waals surface area contributed by atoms with Crippen LogP contribution in [0.4, 0.5) is 4.39 Å². The highest BCUT2D eigenvalue weighted by Gasteiger charge is 2.22. The molecule has 14 heavy (non-hydrogen) atoms. The first-order chi connectivity index (χ1) is 6.77. The molecule has 0 bridgehead atoms. The number of halogens is 1. The summed E-state index contributed by atoms with van der Waals surface area (Å²) in [5.41, 5.74) is 7.15. The highest BCUT2D eigenvalue weighted by molar-refractivity contribution is 5.23. The number of rotatable bonds is 1. The second-order valence-corrected chi connectivity index (χ2v) is 3.81. The monoisotopic (exact) mass is 194 g/mol. The Labute approximate surface area is 83.3 Å². The van der Waals surface area contributed by atoms with Crippen molar-refractivity contribution in [3.8, 4) is 0 Å². The molecule has 76 valence electrons. The summed E-state index contributed by atoms with van der Waals surface area (Å²) in [6, 6.07) is 6.84. The van der Waals surface area contributed by atoms with Gasteiger partial charge in [0.1, 0.15) is 5.82 Å². The predicted molar refractivity (Wildman–Crippen MR) is 54.6 cm³/mol. The molecule has 0 saturated carbocycles. The molecule has 2 rings (SSSR count). The van der Waals surface area contributed by atoms with Crippen molar-refractivity contribution in [2.75, 3.05) is 13.1 Å². The van der Waals surface area contributed by atoms with E-state index in [-0.39, 0.29) is 11.9 Å². The van der Waals surface area contributed by atoms with Gasteiger partial charge in [-0.2, -0.15) is 0 Å². The quantitative estimate of drug-likeness (QED) is 0.705. The van der Waals surface area contributed by atoms with Crippen molar-refractivity contribution in [1.29, 1.82) is 0 Å². The fraction of sp³-hybridized carbons (Fsp3) is 0.455. The van der Waals surface area contributed by atoms with Gasteiger partial charge < -0.3 is 11.1 Å². The molecule has 1 aliphatic rings. The summed E-state index contributed by atoms with van der Waals surface area (Å²) in [5, 5.41) is 3.30. The van der Waals surface area contributed by atoms with Gasteiger partial charge in [0.05, 0.1) is 0 Å². The molecule has 3 heteroatoms. The van der Waals surface area contributed by atoms with Crippen LogP contribution in [0.15, 0.2) is 24.3 Å². The van der Waals surface area contributed by atoms with Crippen LogP contribution in [0.1, 0.15) is 17.9 Å². The standard InChI is InChI=1S/C11H15FN2/c12-9-3-1-8(2-4-9)10-7-14-6-5-11(10)13/h1-4,10-11,14H,5-7,13H2. The molecule has 1 heterocycles. The Morgan fingerprint density at radius 1 is 1.29 bits per heavy atom. The molecule has 1 aliphatic heterocycles. The molecule has 1 fully saturated rings. The maximum Gasteiger partial charge on any atom is 0.123 e. The second-order valence-electron chi connectivity index (χ2n) is 3.81. The summed E-state index contributed by atoms with van der Waals surface area (Å²) in [6.45, 7) is 1.88. The molecule has 0 spiro atoms. The average Bonchev–Trinajstić information content (AvgIpc) is 2.20. The van der Waals surface area contributed by atoms with E-state index in [1.54, 1.807) is 0 Å². The number of benzene rings is 1. The third-order valence-electron chi connectivity index (χ3n) is 2.83. The van der Waals surface area contributed by atoms with Gasteiger partial charge in [0.25, 0.3) is 0 Å².